The summed E-state index contributed by atoms with van der Waals surface area (Å²) in [5, 5.41) is 0. The van der Waals surface area contributed by atoms with E-state index in [4.69, 9.17) is 14.2 Å². The molecule has 0 aliphatic carbocycles. The van der Waals surface area contributed by atoms with Crippen LogP contribution in [0.2, 0.25) is 0 Å². The minimum Gasteiger partial charge on any atom is -0.496 e. The Morgan fingerprint density at radius 1 is 1.32 bits per heavy atom. The van der Waals surface area contributed by atoms with E-state index < -0.39 is 6.10 Å². The molecule has 0 fully saturated rings. The predicted molar refractivity (Wildman–Crippen MR) is 70.3 cm³/mol. The lowest BCUT2D eigenvalue weighted by molar-refractivity contribution is -0.161. The molecular weight excluding hydrogens is 244 g/mol. The minimum absolute atomic E-state index is 0.155. The molecule has 0 saturated carbocycles. The maximum Gasteiger partial charge on any atom is 0.303 e. The summed E-state index contributed by atoms with van der Waals surface area (Å²) in [5.74, 6) is -0.322. The van der Waals surface area contributed by atoms with E-state index in [-0.39, 0.29) is 18.2 Å². The molecule has 1 heterocycles. The smallest absolute Gasteiger partial charge is 0.303 e. The van der Waals surface area contributed by atoms with Crippen molar-refractivity contribution in [1.82, 2.24) is 0 Å². The SMILES string of the molecule is CC(=O)O[C@H]1C=CO[C@@H](C)[C@H]1OCc1ccccc1. The van der Waals surface area contributed by atoms with Crippen molar-refractivity contribution in [2.24, 2.45) is 0 Å². The number of esters is 1. The van der Waals surface area contributed by atoms with Crippen molar-refractivity contribution in [3.05, 3.63) is 48.2 Å². The van der Waals surface area contributed by atoms with Crippen LogP contribution < -0.4 is 0 Å². The summed E-state index contributed by atoms with van der Waals surface area (Å²) in [6, 6.07) is 9.86. The highest BCUT2D eigenvalue weighted by Gasteiger charge is 2.32. The van der Waals surface area contributed by atoms with Crippen molar-refractivity contribution in [2.45, 2.75) is 38.8 Å². The molecule has 0 bridgehead atoms. The van der Waals surface area contributed by atoms with Gasteiger partial charge in [-0.1, -0.05) is 30.3 Å². The van der Waals surface area contributed by atoms with E-state index in [9.17, 15) is 4.79 Å². The molecule has 3 atom stereocenters. The van der Waals surface area contributed by atoms with Gasteiger partial charge in [0, 0.05) is 6.92 Å². The average Bonchev–Trinajstić information content (AvgIpc) is 2.38. The van der Waals surface area contributed by atoms with Gasteiger partial charge >= 0.3 is 5.97 Å². The Morgan fingerprint density at radius 3 is 2.74 bits per heavy atom. The Kier molecular flexibility index (Phi) is 4.58. The molecule has 1 aliphatic heterocycles. The van der Waals surface area contributed by atoms with Crippen molar-refractivity contribution >= 4 is 5.97 Å². The minimum atomic E-state index is -0.398. The van der Waals surface area contributed by atoms with Crippen LogP contribution in [0.15, 0.2) is 42.7 Å². The summed E-state index contributed by atoms with van der Waals surface area (Å²) in [7, 11) is 0. The second kappa shape index (κ2) is 6.38. The molecular formula is C15H18O4. The fourth-order valence-electron chi connectivity index (χ4n) is 2.00. The summed E-state index contributed by atoms with van der Waals surface area (Å²) in [5.41, 5.74) is 1.07. The largest absolute Gasteiger partial charge is 0.496 e. The summed E-state index contributed by atoms with van der Waals surface area (Å²) in [4.78, 5) is 11.1. The van der Waals surface area contributed by atoms with E-state index in [1.807, 2.05) is 37.3 Å². The number of hydrogen-bond acceptors (Lipinski definition) is 4. The summed E-state index contributed by atoms with van der Waals surface area (Å²) in [6.07, 6.45) is 2.41. The summed E-state index contributed by atoms with van der Waals surface area (Å²) < 4.78 is 16.5. The van der Waals surface area contributed by atoms with Gasteiger partial charge in [-0.15, -0.1) is 0 Å². The highest BCUT2D eigenvalue weighted by Crippen LogP contribution is 2.20. The zero-order chi connectivity index (χ0) is 13.7. The third-order valence-corrected chi connectivity index (χ3v) is 2.94. The van der Waals surface area contributed by atoms with Crippen molar-refractivity contribution in [1.29, 1.82) is 0 Å². The van der Waals surface area contributed by atoms with Gasteiger partial charge in [0.15, 0.2) is 6.10 Å². The normalized spacial score (nSPS) is 25.7. The lowest BCUT2D eigenvalue weighted by atomic mass is 10.1. The molecule has 0 unspecified atom stereocenters. The van der Waals surface area contributed by atoms with Crippen LogP contribution in [-0.4, -0.2) is 24.3 Å². The molecule has 0 saturated heterocycles. The van der Waals surface area contributed by atoms with Crippen LogP contribution in [0.4, 0.5) is 0 Å². The van der Waals surface area contributed by atoms with Gasteiger partial charge in [0.05, 0.1) is 12.9 Å². The molecule has 0 spiro atoms. The van der Waals surface area contributed by atoms with Gasteiger partial charge in [-0.05, 0) is 18.6 Å². The number of rotatable bonds is 4. The number of carbonyl (C=O) groups is 1. The standard InChI is InChI=1S/C15H18O4/c1-11-15(14(8-9-17-11)19-12(2)16)18-10-13-6-4-3-5-7-13/h3-9,11,14-15H,10H2,1-2H3/t11-,14-,15+/m0/s1. The van der Waals surface area contributed by atoms with E-state index in [2.05, 4.69) is 0 Å². The van der Waals surface area contributed by atoms with Gasteiger partial charge in [-0.3, -0.25) is 4.79 Å². The molecule has 1 aromatic carbocycles. The predicted octanol–water partition coefficient (Wildman–Crippen LogP) is 2.44. The number of hydrogen-bond donors (Lipinski definition) is 0. The molecule has 4 heteroatoms. The average molecular weight is 262 g/mol. The Labute approximate surface area is 113 Å². The first-order valence-electron chi connectivity index (χ1n) is 6.31. The molecule has 0 N–H and O–H groups in total. The highest BCUT2D eigenvalue weighted by atomic mass is 16.6. The van der Waals surface area contributed by atoms with E-state index in [0.29, 0.717) is 6.61 Å². The first-order chi connectivity index (χ1) is 9.16. The fraction of sp³-hybridized carbons (Fsp3) is 0.400. The maximum atomic E-state index is 11.1. The van der Waals surface area contributed by atoms with Gasteiger partial charge in [-0.25, -0.2) is 0 Å². The van der Waals surface area contributed by atoms with Crippen LogP contribution in [0.1, 0.15) is 19.4 Å². The Bertz CT molecular complexity index is 441. The highest BCUT2D eigenvalue weighted by molar-refractivity contribution is 5.66. The lowest BCUT2D eigenvalue weighted by Gasteiger charge is -2.32. The van der Waals surface area contributed by atoms with Crippen LogP contribution in [0.3, 0.4) is 0 Å². The number of benzene rings is 1. The molecule has 1 aromatic rings. The third-order valence-electron chi connectivity index (χ3n) is 2.94. The van der Waals surface area contributed by atoms with Crippen LogP contribution >= 0.6 is 0 Å². The molecule has 2 rings (SSSR count). The van der Waals surface area contributed by atoms with Gasteiger partial charge in [-0.2, -0.15) is 0 Å². The van der Waals surface area contributed by atoms with E-state index in [0.717, 1.165) is 5.56 Å². The molecule has 4 nitrogen and oxygen atoms in total. The van der Waals surface area contributed by atoms with Crippen molar-refractivity contribution in [3.8, 4) is 0 Å². The lowest BCUT2D eigenvalue weighted by Crippen LogP contribution is -2.42. The Hall–Kier alpha value is -1.81. The van der Waals surface area contributed by atoms with Gasteiger partial charge in [0.2, 0.25) is 0 Å². The van der Waals surface area contributed by atoms with Gasteiger partial charge in [0.25, 0.3) is 0 Å². The van der Waals surface area contributed by atoms with E-state index in [1.54, 1.807) is 12.3 Å². The molecule has 19 heavy (non-hydrogen) atoms. The summed E-state index contributed by atoms with van der Waals surface area (Å²) >= 11 is 0. The topological polar surface area (TPSA) is 44.8 Å². The van der Waals surface area contributed by atoms with Crippen molar-refractivity contribution in [2.75, 3.05) is 0 Å². The first-order valence-corrected chi connectivity index (χ1v) is 6.31. The summed E-state index contributed by atoms with van der Waals surface area (Å²) in [6.45, 7) is 3.75. The second-order valence-corrected chi connectivity index (χ2v) is 4.51. The van der Waals surface area contributed by atoms with Gasteiger partial charge in [0.1, 0.15) is 12.2 Å². The van der Waals surface area contributed by atoms with Crippen LogP contribution in [-0.2, 0) is 25.6 Å². The van der Waals surface area contributed by atoms with Crippen LogP contribution in [0.25, 0.3) is 0 Å². The third kappa shape index (κ3) is 3.83. The Balaban J connectivity index is 1.98. The first kappa shape index (κ1) is 13.6. The van der Waals surface area contributed by atoms with Crippen LogP contribution in [0, 0.1) is 0 Å². The number of carbonyl (C=O) groups excluding carboxylic acids is 1. The van der Waals surface area contributed by atoms with Crippen molar-refractivity contribution in [3.63, 3.8) is 0 Å². The second-order valence-electron chi connectivity index (χ2n) is 4.51. The van der Waals surface area contributed by atoms with Gasteiger partial charge < -0.3 is 14.2 Å². The zero-order valence-corrected chi connectivity index (χ0v) is 11.1. The molecule has 0 amide bonds. The molecule has 1 aliphatic rings. The quantitative estimate of drug-likeness (QED) is 0.782. The monoisotopic (exact) mass is 262 g/mol. The van der Waals surface area contributed by atoms with E-state index in [1.165, 1.54) is 6.92 Å². The number of ether oxygens (including phenoxy) is 3. The maximum absolute atomic E-state index is 11.1. The van der Waals surface area contributed by atoms with E-state index >= 15 is 0 Å². The molecule has 0 aromatic heterocycles. The van der Waals surface area contributed by atoms with Crippen molar-refractivity contribution < 1.29 is 19.0 Å². The van der Waals surface area contributed by atoms with Crippen LogP contribution in [0.5, 0.6) is 0 Å². The molecule has 0 radical (unpaired) electrons. The molecule has 102 valence electrons. The fourth-order valence-corrected chi connectivity index (χ4v) is 2.00. The zero-order valence-electron chi connectivity index (χ0n) is 11.1. The Morgan fingerprint density at radius 2 is 2.05 bits per heavy atom.